The molecule has 0 aliphatic carbocycles. The second-order valence-corrected chi connectivity index (χ2v) is 23.9. The third-order valence-electron chi connectivity index (χ3n) is 16.8. The van der Waals surface area contributed by atoms with E-state index in [1.54, 1.807) is 0 Å². The normalized spacial score (nSPS) is 10.4. The van der Waals surface area contributed by atoms with Gasteiger partial charge in [-0.1, -0.05) is 411 Å². The number of rotatable bonds is 10. The molecule has 0 unspecified atom stereocenters. The van der Waals surface area contributed by atoms with Crippen LogP contribution in [0.3, 0.4) is 0 Å². The zero-order valence-corrected chi connectivity index (χ0v) is 55.0. The molecule has 0 aliphatic rings. The van der Waals surface area contributed by atoms with Crippen molar-refractivity contribution in [2.75, 3.05) is 0 Å². The zero-order valence-electron chi connectivity index (χ0n) is 55.0. The van der Waals surface area contributed by atoms with Crippen molar-refractivity contribution >= 4 is 0 Å². The minimum atomic E-state index is 1.26. The summed E-state index contributed by atoms with van der Waals surface area (Å²) in [6.07, 6.45) is 0. The molecule has 0 saturated carbocycles. The highest BCUT2D eigenvalue weighted by molar-refractivity contribution is 5.85. The summed E-state index contributed by atoms with van der Waals surface area (Å²) in [6.45, 7) is 10.7. The van der Waals surface area contributed by atoms with Gasteiger partial charge in [0, 0.05) is 0 Å². The highest BCUT2D eigenvalue weighted by Gasteiger charge is 2.09. The lowest BCUT2D eigenvalue weighted by molar-refractivity contribution is 1.46. The Kier molecular flexibility index (Phi) is 22.5. The summed E-state index contributed by atoms with van der Waals surface area (Å²) in [5.74, 6) is 0. The topological polar surface area (TPSA) is 0 Å². The Balaban J connectivity index is 0.000000121. The molecule has 460 valence electrons. The van der Waals surface area contributed by atoms with E-state index in [1.165, 1.54) is 139 Å². The molecule has 0 heterocycles. The van der Waals surface area contributed by atoms with Crippen molar-refractivity contribution in [1.29, 1.82) is 0 Å². The van der Waals surface area contributed by atoms with E-state index in [0.29, 0.717) is 0 Å². The van der Waals surface area contributed by atoms with Gasteiger partial charge in [-0.2, -0.15) is 0 Å². The van der Waals surface area contributed by atoms with Gasteiger partial charge in [-0.05, 0) is 158 Å². The highest BCUT2D eigenvalue weighted by atomic mass is 14.1. The first-order valence-electron chi connectivity index (χ1n) is 32.8. The van der Waals surface area contributed by atoms with Crippen LogP contribution in [-0.4, -0.2) is 0 Å². The molecule has 0 saturated heterocycles. The molecule has 0 atom stereocenters. The maximum Gasteiger partial charge on any atom is -0.0105 e. The van der Waals surface area contributed by atoms with E-state index >= 15 is 0 Å². The fraction of sp³-hybridized carbons (Fsp3) is 0.0526. The fourth-order valence-corrected chi connectivity index (χ4v) is 11.8. The van der Waals surface area contributed by atoms with Gasteiger partial charge >= 0.3 is 0 Å². The van der Waals surface area contributed by atoms with Crippen molar-refractivity contribution in [3.8, 4) is 111 Å². The molecule has 0 radical (unpaired) electrons. The first kappa shape index (κ1) is 64.8. The molecular formula is C95H80. The van der Waals surface area contributed by atoms with Gasteiger partial charge in [0.2, 0.25) is 0 Å². The predicted molar refractivity (Wildman–Crippen MR) is 410 cm³/mol. The lowest BCUT2D eigenvalue weighted by Gasteiger charge is -2.10. The van der Waals surface area contributed by atoms with Crippen molar-refractivity contribution in [2.45, 2.75) is 34.6 Å². The summed E-state index contributed by atoms with van der Waals surface area (Å²) in [5.41, 5.74) is 32.0. The quantitative estimate of drug-likeness (QED) is 0.128. The van der Waals surface area contributed by atoms with Gasteiger partial charge in [0.1, 0.15) is 0 Å². The van der Waals surface area contributed by atoms with Crippen molar-refractivity contribution in [3.05, 3.63) is 422 Å². The Morgan fingerprint density at radius 2 is 0.326 bits per heavy atom. The standard InChI is InChI=1S/5C19H16/c1-15-7-5-10-17(13-15)19-12-6-11-18(14-19)16-8-3-2-4-9-16;1-15-8-7-11-17(14-15)19-13-6-5-12-18(19)16-9-3-2-4-10-16;1-15-7-5-6-10-19(15)18-13-11-17(12-14-18)16-8-3-2-4-9-16;1-15-6-5-9-19(14-15)18-12-10-17(11-13-18)16-7-3-2-4-8-16;1-15-11-13-17(14-12-15)19-10-6-5-9-18(19)16-7-3-2-4-8-16/h5*2-14H,1H3. The molecule has 95 heavy (non-hydrogen) atoms. The number of hydrogen-bond donors (Lipinski definition) is 0. The summed E-state index contributed by atoms with van der Waals surface area (Å²) < 4.78 is 0. The lowest BCUT2D eigenvalue weighted by Crippen LogP contribution is -1.85. The van der Waals surface area contributed by atoms with Crippen LogP contribution in [0.15, 0.2) is 394 Å². The lowest BCUT2D eigenvalue weighted by atomic mass is 9.94. The third kappa shape index (κ3) is 18.1. The van der Waals surface area contributed by atoms with Crippen molar-refractivity contribution < 1.29 is 0 Å². The van der Waals surface area contributed by atoms with Gasteiger partial charge in [-0.25, -0.2) is 0 Å². The van der Waals surface area contributed by atoms with Gasteiger partial charge in [-0.15, -0.1) is 0 Å². The summed E-state index contributed by atoms with van der Waals surface area (Å²) in [6, 6.07) is 139. The van der Waals surface area contributed by atoms with E-state index in [4.69, 9.17) is 0 Å². The molecular weight excluding hydrogens is 1140 g/mol. The third-order valence-corrected chi connectivity index (χ3v) is 16.8. The van der Waals surface area contributed by atoms with Gasteiger partial charge in [-0.3, -0.25) is 0 Å². The van der Waals surface area contributed by atoms with Crippen LogP contribution in [0.2, 0.25) is 0 Å². The molecule has 15 rings (SSSR count). The van der Waals surface area contributed by atoms with E-state index in [-0.39, 0.29) is 0 Å². The summed E-state index contributed by atoms with van der Waals surface area (Å²) in [4.78, 5) is 0. The van der Waals surface area contributed by atoms with E-state index in [0.717, 1.165) is 0 Å². The SMILES string of the molecule is Cc1ccc(-c2ccccc2-c2ccccc2)cc1.Cc1cccc(-c2ccc(-c3ccccc3)cc2)c1.Cc1cccc(-c2cccc(-c3ccccc3)c2)c1.Cc1cccc(-c2ccccc2-c2ccccc2)c1.Cc1ccccc1-c1ccc(-c2ccccc2)cc1. The van der Waals surface area contributed by atoms with Gasteiger partial charge in [0.05, 0.1) is 0 Å². The molecule has 0 aromatic heterocycles. The molecule has 0 N–H and O–H groups in total. The second-order valence-electron chi connectivity index (χ2n) is 23.9. The Hall–Kier alpha value is -11.7. The maximum atomic E-state index is 2.25. The van der Waals surface area contributed by atoms with Crippen LogP contribution in [0.4, 0.5) is 0 Å². The Morgan fingerprint density at radius 3 is 0.716 bits per heavy atom. The molecule has 0 fully saturated rings. The van der Waals surface area contributed by atoms with Crippen molar-refractivity contribution in [3.63, 3.8) is 0 Å². The molecule has 15 aromatic rings. The second kappa shape index (κ2) is 33.0. The van der Waals surface area contributed by atoms with Crippen LogP contribution in [0.1, 0.15) is 27.8 Å². The van der Waals surface area contributed by atoms with Crippen molar-refractivity contribution in [2.24, 2.45) is 0 Å². The minimum Gasteiger partial charge on any atom is -0.0622 e. The molecule has 15 aromatic carbocycles. The summed E-state index contributed by atoms with van der Waals surface area (Å²) in [5, 5.41) is 0. The molecule has 0 amide bonds. The number of benzene rings is 15. The minimum absolute atomic E-state index is 1.26. The van der Waals surface area contributed by atoms with Gasteiger partial charge < -0.3 is 0 Å². The van der Waals surface area contributed by atoms with E-state index in [1.807, 2.05) is 18.2 Å². The Bertz CT molecular complexity index is 4790. The van der Waals surface area contributed by atoms with Gasteiger partial charge in [0.15, 0.2) is 0 Å². The molecule has 0 heteroatoms. The average molecular weight is 1220 g/mol. The monoisotopic (exact) mass is 1220 g/mol. The average Bonchev–Trinajstić information content (AvgIpc) is 1.00. The van der Waals surface area contributed by atoms with Crippen LogP contribution in [-0.2, 0) is 0 Å². The maximum absolute atomic E-state index is 2.25. The van der Waals surface area contributed by atoms with E-state index in [9.17, 15) is 0 Å². The number of aryl methyl sites for hydroxylation is 5. The van der Waals surface area contributed by atoms with E-state index < -0.39 is 0 Å². The number of hydrogen-bond acceptors (Lipinski definition) is 0. The van der Waals surface area contributed by atoms with Crippen molar-refractivity contribution in [1.82, 2.24) is 0 Å². The first-order chi connectivity index (χ1) is 46.7. The summed E-state index contributed by atoms with van der Waals surface area (Å²) in [7, 11) is 0. The molecule has 0 bridgehead atoms. The Labute approximate surface area is 564 Å². The van der Waals surface area contributed by atoms with Gasteiger partial charge in [0.25, 0.3) is 0 Å². The highest BCUT2D eigenvalue weighted by Crippen LogP contribution is 2.35. The Morgan fingerprint density at radius 1 is 0.116 bits per heavy atom. The fourth-order valence-electron chi connectivity index (χ4n) is 11.8. The largest absolute Gasteiger partial charge is 0.0622 e. The van der Waals surface area contributed by atoms with Crippen LogP contribution in [0.5, 0.6) is 0 Å². The van der Waals surface area contributed by atoms with Crippen LogP contribution in [0.25, 0.3) is 111 Å². The predicted octanol–water partition coefficient (Wildman–Crippen LogP) is 26.6. The smallest absolute Gasteiger partial charge is 0.0105 e. The molecule has 0 aliphatic heterocycles. The van der Waals surface area contributed by atoms with Crippen LogP contribution < -0.4 is 0 Å². The van der Waals surface area contributed by atoms with E-state index in [2.05, 4.69) is 411 Å². The molecule has 0 spiro atoms. The summed E-state index contributed by atoms with van der Waals surface area (Å²) >= 11 is 0. The molecule has 0 nitrogen and oxygen atoms in total. The van der Waals surface area contributed by atoms with Crippen LogP contribution >= 0.6 is 0 Å². The zero-order chi connectivity index (χ0) is 65.4. The first-order valence-corrected chi connectivity index (χ1v) is 32.8. The van der Waals surface area contributed by atoms with Crippen LogP contribution in [0, 0.1) is 34.6 Å².